The van der Waals surface area contributed by atoms with Gasteiger partial charge < -0.3 is 29.7 Å². The van der Waals surface area contributed by atoms with Crippen LogP contribution in [-0.4, -0.2) is 46.7 Å². The standard InChI is InChI=1S/C64H110N2O8/c1-7-13-16-18-20-22-23-25-28-32-41-52(40-31-27-24-21-19-17-14-8-2)50-66-62(70)64(72,60-44-36-46-74-60)56-48-57(67)55(47-58(56)68)63(71,59-43-35-45-73-59)61(69)65-49-51(38-15-9-3)39-33-29-26-30-34-42-54(12-6)53(11-5)37-10-4/h35-36,43-46,51-56,71-72H,7-34,37-42,47-50H2,1-6H3,(H,65,69)(H,66,70). The second kappa shape index (κ2) is 38.3. The second-order valence-corrected chi connectivity index (χ2v) is 22.9. The molecule has 1 saturated carbocycles. The fourth-order valence-corrected chi connectivity index (χ4v) is 12.3. The zero-order valence-electron chi connectivity index (χ0n) is 48.1. The first-order chi connectivity index (χ1) is 35.9. The van der Waals surface area contributed by atoms with E-state index >= 15 is 0 Å². The third-order valence-electron chi connectivity index (χ3n) is 17.1. The molecular formula is C64H110N2O8. The zero-order valence-corrected chi connectivity index (χ0v) is 48.1. The summed E-state index contributed by atoms with van der Waals surface area (Å²) in [5.74, 6) is -3.98. The Morgan fingerprint density at radius 2 is 0.797 bits per heavy atom. The Kier molecular flexibility index (Phi) is 33.7. The van der Waals surface area contributed by atoms with Crippen LogP contribution in [0.1, 0.15) is 284 Å². The molecule has 424 valence electrons. The van der Waals surface area contributed by atoms with Crippen LogP contribution in [0.25, 0.3) is 0 Å². The minimum absolute atomic E-state index is 0.122. The van der Waals surface area contributed by atoms with Crippen molar-refractivity contribution in [2.75, 3.05) is 13.1 Å². The number of aliphatic hydroxyl groups is 2. The molecule has 0 bridgehead atoms. The van der Waals surface area contributed by atoms with Crippen molar-refractivity contribution in [3.63, 3.8) is 0 Å². The number of rotatable bonds is 46. The molecule has 10 heteroatoms. The molecule has 0 aromatic carbocycles. The summed E-state index contributed by atoms with van der Waals surface area (Å²) in [6, 6.07) is 6.02. The molecule has 2 amide bonds. The Balaban J connectivity index is 1.68. The lowest BCUT2D eigenvalue weighted by Crippen LogP contribution is -2.59. The molecule has 0 aliphatic heterocycles. The SMILES string of the molecule is CCCCCCCCCCCCC(CCCCCCCCCC)CNC(=O)C(O)(c1ccco1)C1CC(=O)C(C(O)(C(=O)NCC(CCCC)CCCCCCCC(CC)C(CC)CCC)c2ccco2)CC1=O. The normalized spacial score (nSPS) is 18.4. The average Bonchev–Trinajstić information content (AvgIpc) is 4.17. The van der Waals surface area contributed by atoms with Crippen molar-refractivity contribution < 1.29 is 38.2 Å². The van der Waals surface area contributed by atoms with Crippen molar-refractivity contribution in [1.29, 1.82) is 0 Å². The van der Waals surface area contributed by atoms with Gasteiger partial charge in [-0.1, -0.05) is 234 Å². The molecule has 2 aromatic rings. The molecule has 2 heterocycles. The summed E-state index contributed by atoms with van der Waals surface area (Å²) >= 11 is 0. The van der Waals surface area contributed by atoms with Crippen LogP contribution in [0.2, 0.25) is 0 Å². The zero-order chi connectivity index (χ0) is 53.9. The largest absolute Gasteiger partial charge is 0.466 e. The van der Waals surface area contributed by atoms with Gasteiger partial charge in [0.2, 0.25) is 11.2 Å². The highest BCUT2D eigenvalue weighted by Gasteiger charge is 2.60. The molecule has 8 unspecified atom stereocenters. The molecule has 2 aromatic heterocycles. The molecule has 4 N–H and O–H groups in total. The van der Waals surface area contributed by atoms with E-state index in [0.717, 1.165) is 88.9 Å². The molecular weight excluding hydrogens is 925 g/mol. The maximum absolute atomic E-state index is 14.5. The quantitative estimate of drug-likeness (QED) is 0.0477. The number of carbonyl (C=O) groups excluding carboxylic acids is 4. The number of unbranched alkanes of at least 4 members (excludes halogenated alkanes) is 21. The first-order valence-electron chi connectivity index (χ1n) is 31.1. The number of Topliss-reactive ketones (excluding diaryl/α,β-unsaturated/α-hetero) is 2. The van der Waals surface area contributed by atoms with Crippen LogP contribution in [0.3, 0.4) is 0 Å². The highest BCUT2D eigenvalue weighted by atomic mass is 16.4. The van der Waals surface area contributed by atoms with Gasteiger partial charge >= 0.3 is 0 Å². The van der Waals surface area contributed by atoms with Crippen molar-refractivity contribution in [2.24, 2.45) is 35.5 Å². The van der Waals surface area contributed by atoms with Crippen LogP contribution in [0.15, 0.2) is 45.6 Å². The van der Waals surface area contributed by atoms with E-state index in [0.29, 0.717) is 13.1 Å². The predicted octanol–water partition coefficient (Wildman–Crippen LogP) is 16.2. The van der Waals surface area contributed by atoms with Gasteiger partial charge in [-0.2, -0.15) is 0 Å². The molecule has 74 heavy (non-hydrogen) atoms. The molecule has 10 nitrogen and oxygen atoms in total. The second-order valence-electron chi connectivity index (χ2n) is 22.9. The number of nitrogens with one attached hydrogen (secondary N) is 2. The van der Waals surface area contributed by atoms with Gasteiger partial charge in [-0.25, -0.2) is 0 Å². The predicted molar refractivity (Wildman–Crippen MR) is 302 cm³/mol. The van der Waals surface area contributed by atoms with Crippen LogP contribution in [0.5, 0.6) is 0 Å². The van der Waals surface area contributed by atoms with Crippen LogP contribution in [-0.2, 0) is 30.4 Å². The van der Waals surface area contributed by atoms with E-state index in [-0.39, 0.29) is 23.4 Å². The summed E-state index contributed by atoms with van der Waals surface area (Å²) in [7, 11) is 0. The van der Waals surface area contributed by atoms with E-state index in [4.69, 9.17) is 8.83 Å². The van der Waals surface area contributed by atoms with Crippen LogP contribution < -0.4 is 10.6 Å². The maximum Gasteiger partial charge on any atom is 0.260 e. The smallest absolute Gasteiger partial charge is 0.260 e. The van der Waals surface area contributed by atoms with E-state index in [1.165, 1.54) is 166 Å². The topological polar surface area (TPSA) is 159 Å². The highest BCUT2D eigenvalue weighted by Crippen LogP contribution is 2.44. The highest BCUT2D eigenvalue weighted by molar-refractivity contribution is 6.04. The Hall–Kier alpha value is -3.24. The summed E-state index contributed by atoms with van der Waals surface area (Å²) in [5, 5.41) is 31.0. The van der Waals surface area contributed by atoms with E-state index in [9.17, 15) is 29.4 Å². The van der Waals surface area contributed by atoms with Gasteiger partial charge in [0.05, 0.1) is 24.4 Å². The summed E-state index contributed by atoms with van der Waals surface area (Å²) in [4.78, 5) is 57.8. The summed E-state index contributed by atoms with van der Waals surface area (Å²) in [6.45, 7) is 14.3. The van der Waals surface area contributed by atoms with Gasteiger partial charge in [0.25, 0.3) is 11.8 Å². The van der Waals surface area contributed by atoms with Crippen molar-refractivity contribution in [1.82, 2.24) is 10.6 Å². The molecule has 0 saturated heterocycles. The summed E-state index contributed by atoms with van der Waals surface area (Å²) < 4.78 is 11.3. The number of ketones is 2. The third kappa shape index (κ3) is 22.0. The number of hydrogen-bond acceptors (Lipinski definition) is 8. The molecule has 1 aliphatic carbocycles. The van der Waals surface area contributed by atoms with Crippen molar-refractivity contribution in [2.45, 2.75) is 284 Å². The Morgan fingerprint density at radius 3 is 1.12 bits per heavy atom. The Morgan fingerprint density at radius 1 is 0.473 bits per heavy atom. The van der Waals surface area contributed by atoms with Crippen LogP contribution in [0, 0.1) is 35.5 Å². The number of hydrogen-bond donors (Lipinski definition) is 4. The molecule has 0 radical (unpaired) electrons. The molecule has 0 spiro atoms. The average molecular weight is 1040 g/mol. The maximum atomic E-state index is 14.5. The Labute approximate surface area is 451 Å². The van der Waals surface area contributed by atoms with Gasteiger partial charge in [0.1, 0.15) is 23.1 Å². The van der Waals surface area contributed by atoms with E-state index in [1.54, 1.807) is 12.1 Å². The van der Waals surface area contributed by atoms with Gasteiger partial charge in [0, 0.05) is 25.9 Å². The van der Waals surface area contributed by atoms with Gasteiger partial charge in [-0.15, -0.1) is 0 Å². The Bertz CT molecular complexity index is 1740. The van der Waals surface area contributed by atoms with E-state index < -0.39 is 59.3 Å². The van der Waals surface area contributed by atoms with Crippen LogP contribution in [0.4, 0.5) is 0 Å². The van der Waals surface area contributed by atoms with Crippen LogP contribution >= 0.6 is 0 Å². The molecule has 1 aliphatic rings. The summed E-state index contributed by atoms with van der Waals surface area (Å²) in [6.07, 6.45) is 41.9. The van der Waals surface area contributed by atoms with Gasteiger partial charge in [-0.3, -0.25) is 19.2 Å². The number of furan rings is 2. The first kappa shape index (κ1) is 65.0. The van der Waals surface area contributed by atoms with Crippen molar-refractivity contribution in [3.05, 3.63) is 48.3 Å². The van der Waals surface area contributed by atoms with Gasteiger partial charge in [-0.05, 0) is 73.6 Å². The van der Waals surface area contributed by atoms with E-state index in [1.807, 2.05) is 0 Å². The summed E-state index contributed by atoms with van der Waals surface area (Å²) in [5.41, 5.74) is -4.97. The fraction of sp³-hybridized carbons (Fsp3) is 0.812. The van der Waals surface area contributed by atoms with Gasteiger partial charge in [0.15, 0.2) is 0 Å². The monoisotopic (exact) mass is 1030 g/mol. The van der Waals surface area contributed by atoms with Crippen molar-refractivity contribution in [3.8, 4) is 0 Å². The lowest BCUT2D eigenvalue weighted by atomic mass is 9.65. The lowest BCUT2D eigenvalue weighted by Gasteiger charge is -2.40. The number of carbonyl (C=O) groups is 4. The minimum Gasteiger partial charge on any atom is -0.466 e. The first-order valence-corrected chi connectivity index (χ1v) is 31.1. The molecule has 3 rings (SSSR count). The minimum atomic E-state index is -2.48. The van der Waals surface area contributed by atoms with E-state index in [2.05, 4.69) is 52.2 Å². The molecule has 8 atom stereocenters. The van der Waals surface area contributed by atoms with Crippen molar-refractivity contribution >= 4 is 23.4 Å². The number of amides is 2. The third-order valence-corrected chi connectivity index (χ3v) is 17.1. The lowest BCUT2D eigenvalue weighted by molar-refractivity contribution is -0.171. The molecule has 1 fully saturated rings. The fourth-order valence-electron chi connectivity index (χ4n) is 12.3.